The summed E-state index contributed by atoms with van der Waals surface area (Å²) in [7, 11) is 3.84. The first-order chi connectivity index (χ1) is 11.9. The Morgan fingerprint density at radius 3 is 2.72 bits per heavy atom. The Kier molecular flexibility index (Phi) is 5.22. The van der Waals surface area contributed by atoms with Crippen molar-refractivity contribution in [1.29, 1.82) is 0 Å². The molecule has 2 fully saturated rings. The van der Waals surface area contributed by atoms with Crippen LogP contribution in [0.3, 0.4) is 0 Å². The van der Waals surface area contributed by atoms with Crippen molar-refractivity contribution in [2.24, 2.45) is 5.92 Å². The lowest BCUT2D eigenvalue weighted by molar-refractivity contribution is -0.147. The summed E-state index contributed by atoms with van der Waals surface area (Å²) in [6.45, 7) is 1.37. The molecule has 0 spiro atoms. The zero-order valence-corrected chi connectivity index (χ0v) is 14.8. The van der Waals surface area contributed by atoms with Gasteiger partial charge < -0.3 is 14.5 Å². The molecular weight excluding hydrogens is 328 g/mol. The second-order valence-corrected chi connectivity index (χ2v) is 7.09. The zero-order chi connectivity index (χ0) is 18.0. The van der Waals surface area contributed by atoms with Gasteiger partial charge in [-0.1, -0.05) is 6.07 Å². The molecule has 1 saturated carbocycles. The monoisotopic (exact) mass is 353 g/mol. The van der Waals surface area contributed by atoms with Crippen molar-refractivity contribution < 1.29 is 18.3 Å². The normalized spacial score (nSPS) is 24.2. The average molecular weight is 353 g/mol. The number of ether oxygens (including phenoxy) is 1. The van der Waals surface area contributed by atoms with Gasteiger partial charge in [-0.25, -0.2) is 13.8 Å². The Balaban J connectivity index is 1.65. The van der Waals surface area contributed by atoms with Crippen LogP contribution in [0, 0.1) is 5.92 Å². The summed E-state index contributed by atoms with van der Waals surface area (Å²) < 4.78 is 32.4. The number of pyridine rings is 1. The van der Waals surface area contributed by atoms with E-state index in [0.717, 1.165) is 11.5 Å². The molecule has 1 aliphatic carbocycles. The quantitative estimate of drug-likeness (QED) is 0.838. The van der Waals surface area contributed by atoms with Crippen molar-refractivity contribution in [3.8, 4) is 0 Å². The third kappa shape index (κ3) is 4.26. The lowest BCUT2D eigenvalue weighted by Gasteiger charge is -2.36. The summed E-state index contributed by atoms with van der Waals surface area (Å²) in [6.07, 6.45) is -0.125. The van der Waals surface area contributed by atoms with Crippen LogP contribution in [-0.2, 0) is 9.53 Å². The molecule has 1 atom stereocenters. The molecule has 1 amide bonds. The molecule has 0 N–H and O–H groups in total. The molecule has 5 nitrogen and oxygen atoms in total. The first-order valence-corrected chi connectivity index (χ1v) is 8.78. The number of morpholine rings is 1. The highest BCUT2D eigenvalue weighted by atomic mass is 19.3. The molecule has 0 radical (unpaired) electrons. The summed E-state index contributed by atoms with van der Waals surface area (Å²) in [4.78, 5) is 21.0. The predicted octanol–water partition coefficient (Wildman–Crippen LogP) is 2.87. The van der Waals surface area contributed by atoms with Crippen LogP contribution >= 0.6 is 0 Å². The first kappa shape index (κ1) is 18.0. The van der Waals surface area contributed by atoms with E-state index in [1.807, 2.05) is 37.2 Å². The molecule has 2 heterocycles. The Morgan fingerprint density at radius 2 is 2.04 bits per heavy atom. The van der Waals surface area contributed by atoms with E-state index in [0.29, 0.717) is 19.7 Å². The minimum Gasteiger partial charge on any atom is -0.368 e. The Morgan fingerprint density at radius 1 is 1.32 bits per heavy atom. The fourth-order valence-corrected chi connectivity index (χ4v) is 3.44. The summed E-state index contributed by atoms with van der Waals surface area (Å²) in [5.74, 6) is -2.09. The number of halogens is 2. The Bertz CT molecular complexity index is 614. The van der Waals surface area contributed by atoms with Crippen LogP contribution in [0.2, 0.25) is 0 Å². The molecule has 1 aromatic heterocycles. The van der Waals surface area contributed by atoms with Crippen molar-refractivity contribution in [2.75, 3.05) is 38.7 Å². The van der Waals surface area contributed by atoms with Crippen LogP contribution in [0.25, 0.3) is 0 Å². The number of carbonyl (C=O) groups excluding carboxylic acids is 1. The van der Waals surface area contributed by atoms with E-state index in [-0.39, 0.29) is 43.6 Å². The molecule has 0 aromatic carbocycles. The molecule has 2 aliphatic rings. The molecular formula is C18H25F2N3O2. The third-order valence-electron chi connectivity index (χ3n) is 4.99. The molecule has 25 heavy (non-hydrogen) atoms. The van der Waals surface area contributed by atoms with Crippen LogP contribution in [-0.4, -0.2) is 55.5 Å². The number of aromatic nitrogens is 1. The van der Waals surface area contributed by atoms with Crippen LogP contribution in [0.15, 0.2) is 18.2 Å². The first-order valence-electron chi connectivity index (χ1n) is 8.78. The molecule has 7 heteroatoms. The third-order valence-corrected chi connectivity index (χ3v) is 4.99. The Hall–Kier alpha value is -1.76. The van der Waals surface area contributed by atoms with Gasteiger partial charge >= 0.3 is 0 Å². The highest BCUT2D eigenvalue weighted by Gasteiger charge is 2.39. The lowest BCUT2D eigenvalue weighted by atomic mass is 9.85. The van der Waals surface area contributed by atoms with Gasteiger partial charge in [0.1, 0.15) is 11.9 Å². The van der Waals surface area contributed by atoms with Gasteiger partial charge in [0.2, 0.25) is 11.8 Å². The largest absolute Gasteiger partial charge is 0.368 e. The highest BCUT2D eigenvalue weighted by Crippen LogP contribution is 2.37. The zero-order valence-electron chi connectivity index (χ0n) is 14.8. The average Bonchev–Trinajstić information content (AvgIpc) is 2.61. The number of rotatable bonds is 3. The van der Waals surface area contributed by atoms with E-state index < -0.39 is 5.92 Å². The smallest absolute Gasteiger partial charge is 0.248 e. The van der Waals surface area contributed by atoms with E-state index in [4.69, 9.17) is 4.74 Å². The maximum absolute atomic E-state index is 13.3. The standard InChI is InChI=1S/C18H25F2N3O2/c1-22(2)16-5-3-4-14(21-16)15-12-23(10-11-25-15)17(24)13-6-8-18(19,20)9-7-13/h3-5,13,15H,6-12H2,1-2H3/t15-/m1/s1. The maximum Gasteiger partial charge on any atom is 0.248 e. The fourth-order valence-electron chi connectivity index (χ4n) is 3.44. The predicted molar refractivity (Wildman–Crippen MR) is 90.7 cm³/mol. The molecule has 0 unspecified atom stereocenters. The minimum atomic E-state index is -2.61. The van der Waals surface area contributed by atoms with Gasteiger partial charge in [0, 0.05) is 39.4 Å². The molecule has 3 rings (SSSR count). The number of alkyl halides is 2. The molecule has 1 saturated heterocycles. The van der Waals surface area contributed by atoms with Crippen LogP contribution in [0.5, 0.6) is 0 Å². The molecule has 1 aromatic rings. The van der Waals surface area contributed by atoms with Crippen molar-refractivity contribution >= 4 is 11.7 Å². The summed E-state index contributed by atoms with van der Waals surface area (Å²) in [5, 5.41) is 0. The van der Waals surface area contributed by atoms with E-state index >= 15 is 0 Å². The number of hydrogen-bond donors (Lipinski definition) is 0. The summed E-state index contributed by atoms with van der Waals surface area (Å²) in [5.41, 5.74) is 0.791. The number of carbonyl (C=O) groups is 1. The Labute approximate surface area is 147 Å². The molecule has 1 aliphatic heterocycles. The van der Waals surface area contributed by atoms with Gasteiger partial charge in [0.15, 0.2) is 0 Å². The maximum atomic E-state index is 13.3. The minimum absolute atomic E-state index is 0.0208. The number of anilines is 1. The van der Waals surface area contributed by atoms with Gasteiger partial charge in [0.05, 0.1) is 18.8 Å². The molecule has 0 bridgehead atoms. The van der Waals surface area contributed by atoms with Crippen LogP contribution in [0.1, 0.15) is 37.5 Å². The fraction of sp³-hybridized carbons (Fsp3) is 0.667. The molecule has 138 valence electrons. The summed E-state index contributed by atoms with van der Waals surface area (Å²) in [6, 6.07) is 5.73. The van der Waals surface area contributed by atoms with Gasteiger partial charge in [-0.15, -0.1) is 0 Å². The summed E-state index contributed by atoms with van der Waals surface area (Å²) >= 11 is 0. The van der Waals surface area contributed by atoms with Crippen molar-refractivity contribution in [3.63, 3.8) is 0 Å². The van der Waals surface area contributed by atoms with Crippen LogP contribution < -0.4 is 4.90 Å². The second-order valence-electron chi connectivity index (χ2n) is 7.09. The number of hydrogen-bond acceptors (Lipinski definition) is 4. The number of nitrogens with zero attached hydrogens (tertiary/aromatic N) is 3. The number of amides is 1. The van der Waals surface area contributed by atoms with Gasteiger partial charge in [-0.05, 0) is 25.0 Å². The van der Waals surface area contributed by atoms with Gasteiger partial charge in [-0.3, -0.25) is 4.79 Å². The van der Waals surface area contributed by atoms with Crippen LogP contribution in [0.4, 0.5) is 14.6 Å². The van der Waals surface area contributed by atoms with Crippen molar-refractivity contribution in [1.82, 2.24) is 9.88 Å². The van der Waals surface area contributed by atoms with Gasteiger partial charge in [-0.2, -0.15) is 0 Å². The van der Waals surface area contributed by atoms with E-state index in [1.54, 1.807) is 4.90 Å². The van der Waals surface area contributed by atoms with Gasteiger partial charge in [0.25, 0.3) is 0 Å². The van der Waals surface area contributed by atoms with E-state index in [1.165, 1.54) is 0 Å². The van der Waals surface area contributed by atoms with E-state index in [2.05, 4.69) is 4.98 Å². The second kappa shape index (κ2) is 7.23. The van der Waals surface area contributed by atoms with E-state index in [9.17, 15) is 13.6 Å². The SMILES string of the molecule is CN(C)c1cccc([C@H]2CN(C(=O)C3CCC(F)(F)CC3)CCO2)n1. The topological polar surface area (TPSA) is 45.7 Å². The lowest BCUT2D eigenvalue weighted by Crippen LogP contribution is -2.46. The van der Waals surface area contributed by atoms with Crippen molar-refractivity contribution in [3.05, 3.63) is 23.9 Å². The highest BCUT2D eigenvalue weighted by molar-refractivity contribution is 5.79. The van der Waals surface area contributed by atoms with Crippen molar-refractivity contribution in [2.45, 2.75) is 37.7 Å².